The molecular weight excluding hydrogens is 293 g/mol. The molecule has 0 amide bonds. The van der Waals surface area contributed by atoms with E-state index in [1.165, 1.54) is 17.7 Å². The summed E-state index contributed by atoms with van der Waals surface area (Å²) in [6.45, 7) is 0. The monoisotopic (exact) mass is 305 g/mol. The van der Waals surface area contributed by atoms with Crippen LogP contribution in [0.2, 0.25) is 0 Å². The van der Waals surface area contributed by atoms with Gasteiger partial charge in [0.2, 0.25) is 0 Å². The first kappa shape index (κ1) is 11.7. The van der Waals surface area contributed by atoms with Gasteiger partial charge in [-0.25, -0.2) is 4.39 Å². The third-order valence-electron chi connectivity index (χ3n) is 3.39. The Hall–Kier alpha value is -1.35. The molecule has 18 heavy (non-hydrogen) atoms. The van der Waals surface area contributed by atoms with Gasteiger partial charge in [0.15, 0.2) is 0 Å². The summed E-state index contributed by atoms with van der Waals surface area (Å²) in [6.07, 6.45) is 2.08. The molecule has 0 bridgehead atoms. The summed E-state index contributed by atoms with van der Waals surface area (Å²) in [5.74, 6) is -0.184. The third-order valence-corrected chi connectivity index (χ3v) is 4.05. The molecule has 0 spiro atoms. The zero-order valence-electron chi connectivity index (χ0n) is 9.79. The zero-order valence-corrected chi connectivity index (χ0v) is 11.4. The van der Waals surface area contributed by atoms with E-state index in [-0.39, 0.29) is 11.9 Å². The molecule has 0 aliphatic carbocycles. The Morgan fingerprint density at radius 3 is 2.67 bits per heavy atom. The van der Waals surface area contributed by atoms with Gasteiger partial charge in [-0.3, -0.25) is 0 Å². The third kappa shape index (κ3) is 2.15. The maximum Gasteiger partial charge on any atom is 0.123 e. The lowest BCUT2D eigenvalue weighted by atomic mass is 9.93. The Balaban J connectivity index is 1.90. The number of benzene rings is 2. The van der Waals surface area contributed by atoms with Crippen LogP contribution in [-0.4, -0.2) is 0 Å². The molecule has 1 nitrogen and oxygen atoms in total. The highest BCUT2D eigenvalue weighted by atomic mass is 79.9. The van der Waals surface area contributed by atoms with Crippen molar-refractivity contribution in [3.8, 4) is 0 Å². The summed E-state index contributed by atoms with van der Waals surface area (Å²) < 4.78 is 14.0. The molecular formula is C15H13BrFN. The van der Waals surface area contributed by atoms with Crippen molar-refractivity contribution in [2.75, 3.05) is 5.32 Å². The van der Waals surface area contributed by atoms with Gasteiger partial charge in [0.05, 0.1) is 11.7 Å². The van der Waals surface area contributed by atoms with Crippen LogP contribution < -0.4 is 5.32 Å². The quantitative estimate of drug-likeness (QED) is 0.806. The Morgan fingerprint density at radius 2 is 1.89 bits per heavy atom. The van der Waals surface area contributed by atoms with E-state index in [4.69, 9.17) is 0 Å². The van der Waals surface area contributed by atoms with E-state index in [0.717, 1.165) is 28.6 Å². The van der Waals surface area contributed by atoms with Crippen molar-refractivity contribution in [2.24, 2.45) is 0 Å². The van der Waals surface area contributed by atoms with Gasteiger partial charge in [-0.05, 0) is 58.1 Å². The molecule has 1 heterocycles. The maximum atomic E-state index is 12.9. The summed E-state index contributed by atoms with van der Waals surface area (Å²) in [4.78, 5) is 0. The van der Waals surface area contributed by atoms with Crippen molar-refractivity contribution in [2.45, 2.75) is 18.9 Å². The highest BCUT2D eigenvalue weighted by Gasteiger charge is 2.20. The Morgan fingerprint density at radius 1 is 1.11 bits per heavy atom. The first-order valence-electron chi connectivity index (χ1n) is 6.03. The van der Waals surface area contributed by atoms with Crippen LogP contribution >= 0.6 is 15.9 Å². The summed E-state index contributed by atoms with van der Waals surface area (Å²) in [7, 11) is 0. The number of para-hydroxylation sites is 1. The zero-order chi connectivity index (χ0) is 12.5. The Labute approximate surface area is 114 Å². The molecule has 2 aromatic carbocycles. The molecule has 1 aliphatic heterocycles. The van der Waals surface area contributed by atoms with Gasteiger partial charge in [0.25, 0.3) is 0 Å². The molecule has 0 saturated carbocycles. The fraction of sp³-hybridized carbons (Fsp3) is 0.200. The van der Waals surface area contributed by atoms with Crippen LogP contribution in [0.15, 0.2) is 46.9 Å². The van der Waals surface area contributed by atoms with Crippen molar-refractivity contribution in [1.29, 1.82) is 0 Å². The molecule has 1 unspecified atom stereocenters. The fourth-order valence-electron chi connectivity index (χ4n) is 2.43. The van der Waals surface area contributed by atoms with Crippen LogP contribution in [0.25, 0.3) is 0 Å². The minimum absolute atomic E-state index is 0.184. The van der Waals surface area contributed by atoms with Crippen LogP contribution in [-0.2, 0) is 6.42 Å². The van der Waals surface area contributed by atoms with Crippen LogP contribution in [0.4, 0.5) is 10.1 Å². The number of hydrogen-bond donors (Lipinski definition) is 1. The average Bonchev–Trinajstić information content (AvgIpc) is 2.40. The van der Waals surface area contributed by atoms with Crippen molar-refractivity contribution in [1.82, 2.24) is 0 Å². The van der Waals surface area contributed by atoms with Gasteiger partial charge >= 0.3 is 0 Å². The van der Waals surface area contributed by atoms with Crippen molar-refractivity contribution < 1.29 is 4.39 Å². The highest BCUT2D eigenvalue weighted by Crippen LogP contribution is 2.37. The molecule has 3 heteroatoms. The fourth-order valence-corrected chi connectivity index (χ4v) is 2.95. The maximum absolute atomic E-state index is 12.9. The summed E-state index contributed by atoms with van der Waals surface area (Å²) >= 11 is 3.57. The normalized spacial score (nSPS) is 18.0. The molecule has 1 N–H and O–H groups in total. The minimum Gasteiger partial charge on any atom is -0.377 e. The molecule has 0 fully saturated rings. The number of aryl methyl sites for hydroxylation is 1. The van der Waals surface area contributed by atoms with E-state index in [0.29, 0.717) is 0 Å². The lowest BCUT2D eigenvalue weighted by Crippen LogP contribution is -2.18. The number of hydrogen-bond acceptors (Lipinski definition) is 1. The molecule has 92 valence electrons. The Bertz CT molecular complexity index is 565. The molecule has 1 aliphatic rings. The number of rotatable bonds is 1. The average molecular weight is 306 g/mol. The lowest BCUT2D eigenvalue weighted by molar-refractivity contribution is 0.622. The summed E-state index contributed by atoms with van der Waals surface area (Å²) in [5, 5.41) is 3.53. The van der Waals surface area contributed by atoms with Crippen LogP contribution in [0.3, 0.4) is 0 Å². The predicted octanol–water partition coefficient (Wildman–Crippen LogP) is 4.69. The molecule has 1 atom stereocenters. The van der Waals surface area contributed by atoms with Gasteiger partial charge in [-0.2, -0.15) is 0 Å². The smallest absolute Gasteiger partial charge is 0.123 e. The lowest BCUT2D eigenvalue weighted by Gasteiger charge is -2.28. The largest absolute Gasteiger partial charge is 0.377 e. The van der Waals surface area contributed by atoms with E-state index in [2.05, 4.69) is 33.4 Å². The second-order valence-electron chi connectivity index (χ2n) is 4.56. The first-order chi connectivity index (χ1) is 8.74. The van der Waals surface area contributed by atoms with E-state index in [9.17, 15) is 4.39 Å². The second-order valence-corrected chi connectivity index (χ2v) is 5.42. The van der Waals surface area contributed by atoms with Gasteiger partial charge in [-0.1, -0.05) is 24.3 Å². The number of halogens is 2. The van der Waals surface area contributed by atoms with Crippen molar-refractivity contribution in [3.05, 3.63) is 63.9 Å². The number of fused-ring (bicyclic) bond motifs is 1. The van der Waals surface area contributed by atoms with Crippen molar-refractivity contribution >= 4 is 21.6 Å². The highest BCUT2D eigenvalue weighted by molar-refractivity contribution is 9.10. The molecule has 0 radical (unpaired) electrons. The van der Waals surface area contributed by atoms with E-state index in [1.807, 2.05) is 18.2 Å². The van der Waals surface area contributed by atoms with E-state index >= 15 is 0 Å². The topological polar surface area (TPSA) is 12.0 Å². The van der Waals surface area contributed by atoms with E-state index < -0.39 is 0 Å². The van der Waals surface area contributed by atoms with E-state index in [1.54, 1.807) is 0 Å². The van der Waals surface area contributed by atoms with Crippen molar-refractivity contribution in [3.63, 3.8) is 0 Å². The second kappa shape index (κ2) is 4.73. The number of nitrogens with one attached hydrogen (secondary N) is 1. The van der Waals surface area contributed by atoms with Crippen LogP contribution in [0, 0.1) is 5.82 Å². The van der Waals surface area contributed by atoms with Gasteiger partial charge in [-0.15, -0.1) is 0 Å². The van der Waals surface area contributed by atoms with Crippen LogP contribution in [0.5, 0.6) is 0 Å². The van der Waals surface area contributed by atoms with Crippen LogP contribution in [0.1, 0.15) is 23.6 Å². The first-order valence-corrected chi connectivity index (χ1v) is 6.83. The molecule has 0 saturated heterocycles. The number of anilines is 1. The standard InChI is InChI=1S/C15H13BrFN/c16-13-3-1-2-11-6-9-14(18-15(11)13)10-4-7-12(17)8-5-10/h1-5,7-8,14,18H,6,9H2. The van der Waals surface area contributed by atoms with Gasteiger partial charge < -0.3 is 5.32 Å². The summed E-state index contributed by atoms with van der Waals surface area (Å²) in [5.41, 5.74) is 3.64. The summed E-state index contributed by atoms with van der Waals surface area (Å²) in [6, 6.07) is 13.3. The van der Waals surface area contributed by atoms with Gasteiger partial charge in [0.1, 0.15) is 5.82 Å². The molecule has 2 aromatic rings. The molecule has 0 aromatic heterocycles. The Kier molecular flexibility index (Phi) is 3.08. The SMILES string of the molecule is Fc1ccc(C2CCc3cccc(Br)c3N2)cc1. The minimum atomic E-state index is -0.184. The predicted molar refractivity (Wildman–Crippen MR) is 75.2 cm³/mol. The molecule has 3 rings (SSSR count). The van der Waals surface area contributed by atoms with Gasteiger partial charge in [0, 0.05) is 4.47 Å².